The number of nitrogens with zero attached hydrogens (tertiary/aromatic N) is 1. The van der Waals surface area contributed by atoms with E-state index in [1.54, 1.807) is 43.5 Å². The highest BCUT2D eigenvalue weighted by molar-refractivity contribution is 7.99. The van der Waals surface area contributed by atoms with Crippen molar-refractivity contribution in [3.8, 4) is 5.75 Å². The molecule has 2 aromatic rings. The molecule has 3 rings (SSSR count). The summed E-state index contributed by atoms with van der Waals surface area (Å²) < 4.78 is 10.6. The van der Waals surface area contributed by atoms with Gasteiger partial charge in [-0.05, 0) is 29.8 Å². The van der Waals surface area contributed by atoms with Crippen molar-refractivity contribution in [1.29, 1.82) is 0 Å². The van der Waals surface area contributed by atoms with Gasteiger partial charge in [-0.1, -0.05) is 24.3 Å². The lowest BCUT2D eigenvalue weighted by Crippen LogP contribution is -2.44. The minimum atomic E-state index is -1.16. The molecule has 0 aliphatic carbocycles. The van der Waals surface area contributed by atoms with Crippen molar-refractivity contribution in [3.63, 3.8) is 0 Å². The Morgan fingerprint density at radius 1 is 1.14 bits per heavy atom. The van der Waals surface area contributed by atoms with Gasteiger partial charge in [0, 0.05) is 11.8 Å². The molecule has 2 atom stereocenters. The van der Waals surface area contributed by atoms with E-state index in [4.69, 9.17) is 9.47 Å². The molecule has 1 amide bonds. The third-order valence-corrected chi connectivity index (χ3v) is 5.60. The Balaban J connectivity index is 2.10. The number of ether oxygens (including phenoxy) is 2. The molecule has 1 aliphatic rings. The number of hydrogen-bond donors (Lipinski definition) is 1. The standard InChI is InChI=1S/C20H19NO6S/c1-12(22)27-18-19(13-7-9-14(26-2)10-8-13)28-16-6-4-3-5-15(16)21(20(18)25)11-17(23)24/h3-10,18-19H,11H2,1-2H3,(H,23,24)/t18-,19+/m1/s1. The lowest BCUT2D eigenvalue weighted by atomic mass is 10.1. The second-order valence-electron chi connectivity index (χ2n) is 6.13. The van der Waals surface area contributed by atoms with E-state index >= 15 is 0 Å². The summed E-state index contributed by atoms with van der Waals surface area (Å²) in [5.74, 6) is -1.68. The fourth-order valence-electron chi connectivity index (χ4n) is 3.01. The molecule has 0 bridgehead atoms. The van der Waals surface area contributed by atoms with E-state index in [0.29, 0.717) is 11.4 Å². The molecule has 0 unspecified atom stereocenters. The Morgan fingerprint density at radius 2 is 1.82 bits per heavy atom. The highest BCUT2D eigenvalue weighted by Crippen LogP contribution is 2.46. The summed E-state index contributed by atoms with van der Waals surface area (Å²) in [5.41, 5.74) is 1.24. The van der Waals surface area contributed by atoms with Gasteiger partial charge in [0.25, 0.3) is 5.91 Å². The number of hydrogen-bond acceptors (Lipinski definition) is 6. The SMILES string of the molecule is COc1ccc([C@@H]2Sc3ccccc3N(CC(=O)O)C(=O)[C@@H]2OC(C)=O)cc1. The Kier molecular flexibility index (Phi) is 5.89. The van der Waals surface area contributed by atoms with Gasteiger partial charge in [-0.2, -0.15) is 0 Å². The topological polar surface area (TPSA) is 93.1 Å². The number of carbonyl (C=O) groups excluding carboxylic acids is 2. The molecule has 8 heteroatoms. The fourth-order valence-corrected chi connectivity index (χ4v) is 4.32. The molecule has 0 saturated heterocycles. The van der Waals surface area contributed by atoms with Gasteiger partial charge in [-0.3, -0.25) is 19.3 Å². The Morgan fingerprint density at radius 3 is 2.43 bits per heavy atom. The van der Waals surface area contributed by atoms with E-state index in [9.17, 15) is 19.5 Å². The predicted octanol–water partition coefficient (Wildman–Crippen LogP) is 2.89. The Bertz CT molecular complexity index is 898. The number of esters is 1. The number of carboxylic acids is 1. The largest absolute Gasteiger partial charge is 0.497 e. The Hall–Kier alpha value is -3.00. The molecule has 0 fully saturated rings. The van der Waals surface area contributed by atoms with Gasteiger partial charge < -0.3 is 14.6 Å². The molecule has 2 aromatic carbocycles. The predicted molar refractivity (Wildman–Crippen MR) is 104 cm³/mol. The first-order valence-corrected chi connectivity index (χ1v) is 9.38. The average Bonchev–Trinajstić information content (AvgIpc) is 2.78. The minimum absolute atomic E-state index is 0.480. The van der Waals surface area contributed by atoms with E-state index in [2.05, 4.69) is 0 Å². The van der Waals surface area contributed by atoms with Crippen molar-refractivity contribution in [1.82, 2.24) is 0 Å². The van der Waals surface area contributed by atoms with Gasteiger partial charge in [0.1, 0.15) is 12.3 Å². The second kappa shape index (κ2) is 8.35. The van der Waals surface area contributed by atoms with Crippen LogP contribution in [0.3, 0.4) is 0 Å². The van der Waals surface area contributed by atoms with Crippen molar-refractivity contribution in [2.75, 3.05) is 18.6 Å². The van der Waals surface area contributed by atoms with Crippen LogP contribution in [0.1, 0.15) is 17.7 Å². The maximum atomic E-state index is 13.2. The van der Waals surface area contributed by atoms with E-state index in [-0.39, 0.29) is 0 Å². The quantitative estimate of drug-likeness (QED) is 0.770. The molecule has 7 nitrogen and oxygen atoms in total. The van der Waals surface area contributed by atoms with Crippen LogP contribution in [0, 0.1) is 0 Å². The smallest absolute Gasteiger partial charge is 0.323 e. The van der Waals surface area contributed by atoms with Crippen LogP contribution in [0.15, 0.2) is 53.4 Å². The summed E-state index contributed by atoms with van der Waals surface area (Å²) >= 11 is 1.36. The first-order chi connectivity index (χ1) is 13.4. The molecular weight excluding hydrogens is 382 g/mol. The van der Waals surface area contributed by atoms with Crippen LogP contribution >= 0.6 is 11.8 Å². The number of fused-ring (bicyclic) bond motifs is 1. The van der Waals surface area contributed by atoms with Gasteiger partial charge >= 0.3 is 11.9 Å². The van der Waals surface area contributed by atoms with Gasteiger partial charge in [-0.15, -0.1) is 11.8 Å². The van der Waals surface area contributed by atoms with Crippen molar-refractivity contribution in [2.24, 2.45) is 0 Å². The summed E-state index contributed by atoms with van der Waals surface area (Å²) in [6, 6.07) is 14.2. The number of carbonyl (C=O) groups is 3. The van der Waals surface area contributed by atoms with E-state index < -0.39 is 35.7 Å². The monoisotopic (exact) mass is 401 g/mol. The number of thioether (sulfide) groups is 1. The zero-order valence-corrected chi connectivity index (χ0v) is 16.1. The number of methoxy groups -OCH3 is 1. The van der Waals surface area contributed by atoms with Crippen LogP contribution in [0.4, 0.5) is 5.69 Å². The minimum Gasteiger partial charge on any atom is -0.497 e. The van der Waals surface area contributed by atoms with Crippen LogP contribution in [0.2, 0.25) is 0 Å². The van der Waals surface area contributed by atoms with Crippen LogP contribution in [0.5, 0.6) is 5.75 Å². The molecule has 0 spiro atoms. The summed E-state index contributed by atoms with van der Waals surface area (Å²) in [7, 11) is 1.56. The summed E-state index contributed by atoms with van der Waals surface area (Å²) in [4.78, 5) is 38.2. The van der Waals surface area contributed by atoms with E-state index in [0.717, 1.165) is 15.4 Å². The lowest BCUT2D eigenvalue weighted by molar-refractivity contribution is -0.153. The zero-order valence-electron chi connectivity index (χ0n) is 15.3. The number of anilines is 1. The van der Waals surface area contributed by atoms with Gasteiger partial charge in [0.15, 0.2) is 6.10 Å². The van der Waals surface area contributed by atoms with Crippen molar-refractivity contribution >= 4 is 35.3 Å². The van der Waals surface area contributed by atoms with Crippen LogP contribution < -0.4 is 9.64 Å². The number of amides is 1. The van der Waals surface area contributed by atoms with Crippen LogP contribution in [-0.2, 0) is 19.1 Å². The van der Waals surface area contributed by atoms with Crippen molar-refractivity contribution in [2.45, 2.75) is 23.2 Å². The molecule has 1 heterocycles. The van der Waals surface area contributed by atoms with Crippen LogP contribution in [-0.4, -0.2) is 42.7 Å². The molecular formula is C20H19NO6S. The van der Waals surface area contributed by atoms with Crippen LogP contribution in [0.25, 0.3) is 0 Å². The van der Waals surface area contributed by atoms with Crippen molar-refractivity contribution < 1.29 is 29.0 Å². The number of para-hydroxylation sites is 1. The molecule has 146 valence electrons. The van der Waals surface area contributed by atoms with Crippen molar-refractivity contribution in [3.05, 3.63) is 54.1 Å². The lowest BCUT2D eigenvalue weighted by Gasteiger charge is -2.26. The van der Waals surface area contributed by atoms with E-state index in [1.165, 1.54) is 18.7 Å². The van der Waals surface area contributed by atoms with Gasteiger partial charge in [-0.25, -0.2) is 0 Å². The molecule has 0 aromatic heterocycles. The average molecular weight is 401 g/mol. The summed E-state index contributed by atoms with van der Waals surface area (Å²) in [5, 5.41) is 8.75. The first kappa shape index (κ1) is 19.8. The highest BCUT2D eigenvalue weighted by Gasteiger charge is 2.41. The van der Waals surface area contributed by atoms with E-state index in [1.807, 2.05) is 12.1 Å². The number of carboxylic acid groups (broad SMARTS) is 1. The molecule has 28 heavy (non-hydrogen) atoms. The second-order valence-corrected chi connectivity index (χ2v) is 7.31. The van der Waals surface area contributed by atoms with Gasteiger partial charge in [0.05, 0.1) is 18.0 Å². The maximum Gasteiger partial charge on any atom is 0.323 e. The zero-order chi connectivity index (χ0) is 20.3. The maximum absolute atomic E-state index is 13.2. The Labute approximate surface area is 166 Å². The molecule has 1 N–H and O–H groups in total. The normalized spacial score (nSPS) is 18.8. The fraction of sp³-hybridized carbons (Fsp3) is 0.250. The number of aliphatic carboxylic acids is 1. The molecule has 1 aliphatic heterocycles. The molecule has 0 radical (unpaired) electrons. The molecule has 0 saturated carbocycles. The first-order valence-electron chi connectivity index (χ1n) is 8.50. The third-order valence-electron chi connectivity index (χ3n) is 4.23. The highest BCUT2D eigenvalue weighted by atomic mass is 32.2. The van der Waals surface area contributed by atoms with Gasteiger partial charge in [0.2, 0.25) is 0 Å². The number of benzene rings is 2. The third kappa shape index (κ3) is 4.12. The summed E-state index contributed by atoms with van der Waals surface area (Å²) in [6.07, 6.45) is -1.16. The number of rotatable bonds is 5. The summed E-state index contributed by atoms with van der Waals surface area (Å²) in [6.45, 7) is 0.700.